The molecule has 0 spiro atoms. The molecule has 1 aliphatic heterocycles. The first-order chi connectivity index (χ1) is 15.1. The molecule has 0 radical (unpaired) electrons. The number of hydrogen-bond acceptors (Lipinski definition) is 4. The Bertz CT molecular complexity index is 921. The highest BCUT2D eigenvalue weighted by molar-refractivity contribution is 5.78. The Labute approximate surface area is 185 Å². The van der Waals surface area contributed by atoms with Gasteiger partial charge < -0.3 is 14.8 Å². The summed E-state index contributed by atoms with van der Waals surface area (Å²) in [6, 6.07) is 12.9. The zero-order valence-corrected chi connectivity index (χ0v) is 18.9. The fourth-order valence-electron chi connectivity index (χ4n) is 5.04. The molecule has 166 valence electrons. The number of ether oxygens (including phenoxy) is 2. The van der Waals surface area contributed by atoms with Gasteiger partial charge in [0.25, 0.3) is 0 Å². The number of rotatable bonds is 7. The van der Waals surface area contributed by atoms with Crippen molar-refractivity contribution in [2.45, 2.75) is 51.6 Å². The molecule has 0 bridgehead atoms. The lowest BCUT2D eigenvalue weighted by atomic mass is 9.90. The summed E-state index contributed by atoms with van der Waals surface area (Å²) in [6.45, 7) is 4.59. The summed E-state index contributed by atoms with van der Waals surface area (Å²) >= 11 is 0. The largest absolute Gasteiger partial charge is 0.493 e. The van der Waals surface area contributed by atoms with E-state index in [0.29, 0.717) is 6.54 Å². The third-order valence-electron chi connectivity index (χ3n) is 6.94. The average Bonchev–Trinajstić information content (AvgIpc) is 3.33. The van der Waals surface area contributed by atoms with Crippen LogP contribution in [0.2, 0.25) is 0 Å². The molecule has 1 fully saturated rings. The molecule has 2 aromatic rings. The summed E-state index contributed by atoms with van der Waals surface area (Å²) < 4.78 is 11.1. The zero-order valence-electron chi connectivity index (χ0n) is 18.9. The van der Waals surface area contributed by atoms with Crippen LogP contribution in [0.1, 0.15) is 54.0 Å². The van der Waals surface area contributed by atoms with Gasteiger partial charge in [-0.3, -0.25) is 9.69 Å². The van der Waals surface area contributed by atoms with Gasteiger partial charge in [-0.15, -0.1) is 0 Å². The topological polar surface area (TPSA) is 50.8 Å². The van der Waals surface area contributed by atoms with E-state index in [2.05, 4.69) is 53.5 Å². The van der Waals surface area contributed by atoms with Crippen LogP contribution in [-0.4, -0.2) is 38.1 Å². The van der Waals surface area contributed by atoms with Crippen LogP contribution in [0.15, 0.2) is 36.4 Å². The molecule has 0 unspecified atom stereocenters. The number of carbonyl (C=O) groups excluding carboxylic acids is 1. The predicted octanol–water partition coefficient (Wildman–Crippen LogP) is 4.42. The number of fused-ring (bicyclic) bond motifs is 1. The number of aryl methyl sites for hydroxylation is 1. The minimum absolute atomic E-state index is 0.105. The van der Waals surface area contributed by atoms with Gasteiger partial charge in [-0.25, -0.2) is 0 Å². The van der Waals surface area contributed by atoms with Gasteiger partial charge in [0, 0.05) is 25.6 Å². The van der Waals surface area contributed by atoms with Crippen LogP contribution < -0.4 is 14.8 Å². The van der Waals surface area contributed by atoms with Gasteiger partial charge >= 0.3 is 0 Å². The Hall–Kier alpha value is -2.53. The minimum atomic E-state index is 0.105. The first-order valence-electron chi connectivity index (χ1n) is 11.4. The number of hydrogen-bond donors (Lipinski definition) is 1. The summed E-state index contributed by atoms with van der Waals surface area (Å²) in [5, 5.41) is 3.28. The Balaban J connectivity index is 1.61. The van der Waals surface area contributed by atoms with Crippen LogP contribution in [0, 0.1) is 12.8 Å². The fourth-order valence-corrected chi connectivity index (χ4v) is 5.04. The minimum Gasteiger partial charge on any atom is -0.493 e. The van der Waals surface area contributed by atoms with E-state index in [0.717, 1.165) is 43.9 Å². The van der Waals surface area contributed by atoms with Crippen molar-refractivity contribution in [1.29, 1.82) is 0 Å². The molecule has 5 heteroatoms. The predicted molar refractivity (Wildman–Crippen MR) is 123 cm³/mol. The quantitative estimate of drug-likeness (QED) is 0.718. The van der Waals surface area contributed by atoms with Crippen molar-refractivity contribution in [3.8, 4) is 11.5 Å². The molecule has 1 amide bonds. The molecular weight excluding hydrogens is 388 g/mol. The van der Waals surface area contributed by atoms with Gasteiger partial charge in [0.2, 0.25) is 5.91 Å². The van der Waals surface area contributed by atoms with Crippen molar-refractivity contribution >= 4 is 5.91 Å². The van der Waals surface area contributed by atoms with E-state index in [-0.39, 0.29) is 17.9 Å². The SMILES string of the molecule is COc1cc2c(cc1OC)[C@@H](CNC(=O)C1CCCC1)N(Cc1ccccc1C)CC2. The summed E-state index contributed by atoms with van der Waals surface area (Å²) in [5.74, 6) is 1.90. The number of amides is 1. The highest BCUT2D eigenvalue weighted by Crippen LogP contribution is 2.38. The zero-order chi connectivity index (χ0) is 21.8. The van der Waals surface area contributed by atoms with Crippen molar-refractivity contribution in [3.63, 3.8) is 0 Å². The van der Waals surface area contributed by atoms with Gasteiger partial charge in [0.05, 0.1) is 20.3 Å². The molecule has 0 saturated heterocycles. The van der Waals surface area contributed by atoms with Crippen molar-refractivity contribution in [3.05, 3.63) is 58.7 Å². The van der Waals surface area contributed by atoms with Crippen molar-refractivity contribution in [2.75, 3.05) is 27.3 Å². The molecule has 31 heavy (non-hydrogen) atoms. The second kappa shape index (κ2) is 9.73. The van der Waals surface area contributed by atoms with Crippen LogP contribution in [0.4, 0.5) is 0 Å². The third-order valence-corrected chi connectivity index (χ3v) is 6.94. The summed E-state index contributed by atoms with van der Waals surface area (Å²) in [7, 11) is 3.35. The maximum absolute atomic E-state index is 12.8. The molecule has 1 aliphatic carbocycles. The van der Waals surface area contributed by atoms with E-state index in [1.54, 1.807) is 14.2 Å². The second-order valence-electron chi connectivity index (χ2n) is 8.80. The number of nitrogens with one attached hydrogen (secondary N) is 1. The van der Waals surface area contributed by atoms with Crippen LogP contribution >= 0.6 is 0 Å². The number of benzene rings is 2. The van der Waals surface area contributed by atoms with Crippen molar-refractivity contribution in [2.24, 2.45) is 5.92 Å². The molecule has 1 heterocycles. The molecular formula is C26H34N2O3. The van der Waals surface area contributed by atoms with Gasteiger partial charge in [-0.1, -0.05) is 37.1 Å². The third kappa shape index (κ3) is 4.72. The van der Waals surface area contributed by atoms with E-state index in [4.69, 9.17) is 9.47 Å². The summed E-state index contributed by atoms with van der Waals surface area (Å²) in [5.41, 5.74) is 5.14. The Kier molecular flexibility index (Phi) is 6.81. The first-order valence-corrected chi connectivity index (χ1v) is 11.4. The number of nitrogens with zero attached hydrogens (tertiary/aromatic N) is 1. The maximum Gasteiger partial charge on any atom is 0.223 e. The van der Waals surface area contributed by atoms with Gasteiger partial charge in [0.1, 0.15) is 0 Å². The Morgan fingerprint density at radius 2 is 1.81 bits per heavy atom. The average molecular weight is 423 g/mol. The van der Waals surface area contributed by atoms with E-state index in [1.165, 1.54) is 35.1 Å². The maximum atomic E-state index is 12.8. The Morgan fingerprint density at radius 3 is 2.52 bits per heavy atom. The van der Waals surface area contributed by atoms with Gasteiger partial charge in [-0.2, -0.15) is 0 Å². The normalized spacial score (nSPS) is 19.1. The molecule has 0 aromatic heterocycles. The molecule has 1 N–H and O–H groups in total. The lowest BCUT2D eigenvalue weighted by Gasteiger charge is -2.38. The summed E-state index contributed by atoms with van der Waals surface area (Å²) in [4.78, 5) is 15.3. The molecule has 2 aliphatic rings. The monoisotopic (exact) mass is 422 g/mol. The highest BCUT2D eigenvalue weighted by atomic mass is 16.5. The molecule has 4 rings (SSSR count). The molecule has 1 saturated carbocycles. The van der Waals surface area contributed by atoms with Crippen LogP contribution in [-0.2, 0) is 17.8 Å². The number of carbonyl (C=O) groups is 1. The molecule has 5 nitrogen and oxygen atoms in total. The van der Waals surface area contributed by atoms with Crippen molar-refractivity contribution < 1.29 is 14.3 Å². The van der Waals surface area contributed by atoms with E-state index < -0.39 is 0 Å². The van der Waals surface area contributed by atoms with Gasteiger partial charge in [-0.05, 0) is 60.6 Å². The second-order valence-corrected chi connectivity index (χ2v) is 8.80. The summed E-state index contributed by atoms with van der Waals surface area (Å²) in [6.07, 6.45) is 5.33. The lowest BCUT2D eigenvalue weighted by Crippen LogP contribution is -2.43. The van der Waals surface area contributed by atoms with E-state index in [1.807, 2.05) is 0 Å². The van der Waals surface area contributed by atoms with Crippen LogP contribution in [0.5, 0.6) is 11.5 Å². The van der Waals surface area contributed by atoms with Crippen LogP contribution in [0.25, 0.3) is 0 Å². The van der Waals surface area contributed by atoms with E-state index in [9.17, 15) is 4.79 Å². The highest BCUT2D eigenvalue weighted by Gasteiger charge is 2.31. The van der Waals surface area contributed by atoms with Crippen LogP contribution in [0.3, 0.4) is 0 Å². The fraction of sp³-hybridized carbons (Fsp3) is 0.500. The lowest BCUT2D eigenvalue weighted by molar-refractivity contribution is -0.125. The van der Waals surface area contributed by atoms with Gasteiger partial charge in [0.15, 0.2) is 11.5 Å². The first kappa shape index (κ1) is 21.7. The molecule has 2 aromatic carbocycles. The standard InChI is InChI=1S/C26H34N2O3/c1-18-8-4-5-11-21(18)17-28-13-12-20-14-24(30-2)25(31-3)15-22(20)23(28)16-27-26(29)19-9-6-7-10-19/h4-5,8,11,14-15,19,23H,6-7,9-10,12-13,16-17H2,1-3H3,(H,27,29)/t23-/m1/s1. The molecule has 1 atom stereocenters. The Morgan fingerprint density at radius 1 is 1.10 bits per heavy atom. The number of methoxy groups -OCH3 is 2. The van der Waals surface area contributed by atoms with Crippen molar-refractivity contribution in [1.82, 2.24) is 10.2 Å². The van der Waals surface area contributed by atoms with E-state index >= 15 is 0 Å². The smallest absolute Gasteiger partial charge is 0.223 e.